The number of carbonyl (C=O) groups excluding carboxylic acids is 1. The predicted octanol–water partition coefficient (Wildman–Crippen LogP) is 3.97. The van der Waals surface area contributed by atoms with Gasteiger partial charge >= 0.3 is 0 Å². The molecule has 0 fully saturated rings. The van der Waals surface area contributed by atoms with Gasteiger partial charge < -0.3 is 10.4 Å². The fraction of sp³-hybridized carbons (Fsp3) is 0.478. The van der Waals surface area contributed by atoms with Crippen molar-refractivity contribution in [3.8, 4) is 0 Å². The number of amides is 1. The quantitative estimate of drug-likeness (QED) is 0.673. The highest BCUT2D eigenvalue weighted by Crippen LogP contribution is 2.36. The number of fused-ring (bicyclic) bond motifs is 1. The van der Waals surface area contributed by atoms with Crippen LogP contribution in [-0.2, 0) is 12.1 Å². The van der Waals surface area contributed by atoms with Crippen molar-refractivity contribution in [3.63, 3.8) is 0 Å². The first-order valence-corrected chi connectivity index (χ1v) is 11.1. The zero-order chi connectivity index (χ0) is 21.2. The number of aliphatic hydroxyl groups excluding tert-OH is 1. The summed E-state index contributed by atoms with van der Waals surface area (Å²) in [5.74, 6) is 1.24. The lowest BCUT2D eigenvalue weighted by atomic mass is 9.92. The average molecular weight is 414 g/mol. The van der Waals surface area contributed by atoms with Crippen LogP contribution < -0.4 is 5.32 Å². The van der Waals surface area contributed by atoms with Crippen molar-refractivity contribution in [2.45, 2.75) is 50.7 Å². The Morgan fingerprint density at radius 2 is 2.07 bits per heavy atom. The van der Waals surface area contributed by atoms with Crippen LogP contribution in [-0.4, -0.2) is 40.3 Å². The molecule has 1 aromatic carbocycles. The number of aromatic nitrogens is 1. The van der Waals surface area contributed by atoms with Crippen molar-refractivity contribution in [2.75, 3.05) is 19.4 Å². The predicted molar refractivity (Wildman–Crippen MR) is 118 cm³/mol. The minimum absolute atomic E-state index is 0.185. The minimum atomic E-state index is -0.858. The summed E-state index contributed by atoms with van der Waals surface area (Å²) in [5.41, 5.74) is 2.71. The third kappa shape index (κ3) is 4.49. The van der Waals surface area contributed by atoms with Crippen molar-refractivity contribution in [3.05, 3.63) is 58.9 Å². The lowest BCUT2D eigenvalue weighted by Gasteiger charge is -2.29. The van der Waals surface area contributed by atoms with Gasteiger partial charge in [0.15, 0.2) is 0 Å². The first-order chi connectivity index (χ1) is 13.8. The molecule has 2 N–H and O–H groups in total. The van der Waals surface area contributed by atoms with Crippen molar-refractivity contribution in [1.82, 2.24) is 15.2 Å². The number of carbonyl (C=O) groups is 1. The molecule has 156 valence electrons. The number of hydrogen-bond donors (Lipinski definition) is 2. The third-order valence-electron chi connectivity index (χ3n) is 5.58. The number of nitrogens with zero attached hydrogens (tertiary/aromatic N) is 2. The summed E-state index contributed by atoms with van der Waals surface area (Å²) in [6.45, 7) is 8.94. The maximum atomic E-state index is 13.0. The standard InChI is InChI=1S/C23H31N3O2S/c1-6-29-19-9-7-18(8-10-19)23(4,14-27)25-22(28)16-11-17-13-26(5)21(15(2)3)20(17)24-12-16/h7-12,15,21,27H,6,13-14H2,1-5H3,(H,25,28). The normalized spacial score (nSPS) is 18.5. The van der Waals surface area contributed by atoms with Gasteiger partial charge in [-0.05, 0) is 55.0 Å². The van der Waals surface area contributed by atoms with Crippen LogP contribution in [0.1, 0.15) is 60.9 Å². The number of hydrogen-bond acceptors (Lipinski definition) is 5. The van der Waals surface area contributed by atoms with Gasteiger partial charge in [0, 0.05) is 17.6 Å². The zero-order valence-electron chi connectivity index (χ0n) is 17.9. The van der Waals surface area contributed by atoms with Gasteiger partial charge in [0.1, 0.15) is 0 Å². The Labute approximate surface area is 177 Å². The fourth-order valence-electron chi connectivity index (χ4n) is 4.05. The number of rotatable bonds is 7. The van der Waals surface area contributed by atoms with Gasteiger partial charge in [0.05, 0.1) is 29.4 Å². The summed E-state index contributed by atoms with van der Waals surface area (Å²) in [6.07, 6.45) is 1.65. The van der Waals surface area contributed by atoms with Crippen LogP contribution in [0.5, 0.6) is 0 Å². The molecule has 1 aliphatic rings. The van der Waals surface area contributed by atoms with E-state index in [0.717, 1.165) is 29.1 Å². The molecular weight excluding hydrogens is 382 g/mol. The summed E-state index contributed by atoms with van der Waals surface area (Å²) in [7, 11) is 2.09. The highest BCUT2D eigenvalue weighted by molar-refractivity contribution is 7.99. The fourth-order valence-corrected chi connectivity index (χ4v) is 4.71. The van der Waals surface area contributed by atoms with Crippen LogP contribution in [0.2, 0.25) is 0 Å². The van der Waals surface area contributed by atoms with E-state index in [2.05, 4.69) is 43.0 Å². The highest BCUT2D eigenvalue weighted by Gasteiger charge is 2.33. The molecule has 3 rings (SSSR count). The number of benzene rings is 1. The Balaban J connectivity index is 1.80. The van der Waals surface area contributed by atoms with E-state index in [1.165, 1.54) is 4.90 Å². The summed E-state index contributed by atoms with van der Waals surface area (Å²) >= 11 is 1.76. The van der Waals surface area contributed by atoms with Crippen molar-refractivity contribution in [1.29, 1.82) is 0 Å². The smallest absolute Gasteiger partial charge is 0.253 e. The lowest BCUT2D eigenvalue weighted by molar-refractivity contribution is 0.0849. The number of pyridine rings is 1. The molecule has 0 aliphatic carbocycles. The molecule has 0 saturated heterocycles. The molecule has 2 heterocycles. The molecule has 0 saturated carbocycles. The first-order valence-electron chi connectivity index (χ1n) is 10.1. The van der Waals surface area contributed by atoms with Gasteiger partial charge in [-0.2, -0.15) is 0 Å². The van der Waals surface area contributed by atoms with E-state index in [0.29, 0.717) is 11.5 Å². The SMILES string of the molecule is CCSc1ccc(C(C)(CO)NC(=O)c2cnc3c(c2)CN(C)C3C(C)C)cc1. The Morgan fingerprint density at radius 3 is 2.66 bits per heavy atom. The molecule has 2 unspecified atom stereocenters. The van der Waals surface area contributed by atoms with Gasteiger partial charge in [0.25, 0.3) is 5.91 Å². The molecule has 1 amide bonds. The molecule has 0 bridgehead atoms. The Kier molecular flexibility index (Phi) is 6.66. The molecule has 2 atom stereocenters. The Hall–Kier alpha value is -1.89. The van der Waals surface area contributed by atoms with Crippen LogP contribution in [0.15, 0.2) is 41.4 Å². The summed E-state index contributed by atoms with van der Waals surface area (Å²) in [5, 5.41) is 13.1. The second kappa shape index (κ2) is 8.86. The molecule has 6 heteroatoms. The van der Waals surface area contributed by atoms with Crippen molar-refractivity contribution < 1.29 is 9.90 Å². The zero-order valence-corrected chi connectivity index (χ0v) is 18.7. The second-order valence-electron chi connectivity index (χ2n) is 8.27. The van der Waals surface area contributed by atoms with Crippen LogP contribution in [0.3, 0.4) is 0 Å². The van der Waals surface area contributed by atoms with Gasteiger partial charge in [-0.15, -0.1) is 11.8 Å². The maximum Gasteiger partial charge on any atom is 0.253 e. The van der Waals surface area contributed by atoms with E-state index < -0.39 is 5.54 Å². The van der Waals surface area contributed by atoms with Gasteiger partial charge in [0.2, 0.25) is 0 Å². The highest BCUT2D eigenvalue weighted by atomic mass is 32.2. The molecule has 1 aromatic heterocycles. The van der Waals surface area contributed by atoms with Crippen LogP contribution in [0.25, 0.3) is 0 Å². The van der Waals surface area contributed by atoms with Crippen molar-refractivity contribution >= 4 is 17.7 Å². The maximum absolute atomic E-state index is 13.0. The molecule has 0 spiro atoms. The molecular formula is C23H31N3O2S. The number of thioether (sulfide) groups is 1. The van der Waals surface area contributed by atoms with E-state index in [9.17, 15) is 9.90 Å². The van der Waals surface area contributed by atoms with E-state index in [1.54, 1.807) is 18.0 Å². The van der Waals surface area contributed by atoms with E-state index >= 15 is 0 Å². The van der Waals surface area contributed by atoms with E-state index in [1.807, 2.05) is 37.3 Å². The van der Waals surface area contributed by atoms with Crippen LogP contribution >= 0.6 is 11.8 Å². The second-order valence-corrected chi connectivity index (χ2v) is 9.61. The molecule has 5 nitrogen and oxygen atoms in total. The Bertz CT molecular complexity index is 869. The lowest BCUT2D eigenvalue weighted by Crippen LogP contribution is -2.46. The molecule has 1 aliphatic heterocycles. The van der Waals surface area contributed by atoms with Gasteiger partial charge in [-0.1, -0.05) is 32.9 Å². The topological polar surface area (TPSA) is 65.5 Å². The Morgan fingerprint density at radius 1 is 1.38 bits per heavy atom. The van der Waals surface area contributed by atoms with Crippen molar-refractivity contribution in [2.24, 2.45) is 5.92 Å². The van der Waals surface area contributed by atoms with Crippen LogP contribution in [0.4, 0.5) is 0 Å². The van der Waals surface area contributed by atoms with Crippen LogP contribution in [0, 0.1) is 5.92 Å². The van der Waals surface area contributed by atoms with Gasteiger partial charge in [-0.3, -0.25) is 14.7 Å². The monoisotopic (exact) mass is 413 g/mol. The molecule has 0 radical (unpaired) electrons. The summed E-state index contributed by atoms with van der Waals surface area (Å²) in [4.78, 5) is 21.1. The van der Waals surface area contributed by atoms with Gasteiger partial charge in [-0.25, -0.2) is 0 Å². The summed E-state index contributed by atoms with van der Waals surface area (Å²) < 4.78 is 0. The average Bonchev–Trinajstić information content (AvgIpc) is 3.03. The first kappa shape index (κ1) is 21.8. The number of aliphatic hydroxyl groups is 1. The summed E-state index contributed by atoms with van der Waals surface area (Å²) in [6, 6.07) is 10.2. The number of nitrogens with one attached hydrogen (secondary N) is 1. The molecule has 2 aromatic rings. The third-order valence-corrected chi connectivity index (χ3v) is 6.47. The molecule has 29 heavy (non-hydrogen) atoms. The van der Waals surface area contributed by atoms with E-state index in [-0.39, 0.29) is 18.6 Å². The van der Waals surface area contributed by atoms with E-state index in [4.69, 9.17) is 0 Å². The minimum Gasteiger partial charge on any atom is -0.394 e. The largest absolute Gasteiger partial charge is 0.394 e.